The molecule has 0 bridgehead atoms. The zero-order valence-corrected chi connectivity index (χ0v) is 11.2. The third-order valence-corrected chi connectivity index (χ3v) is 2.82. The van der Waals surface area contributed by atoms with E-state index in [1.807, 2.05) is 24.3 Å². The quantitative estimate of drug-likeness (QED) is 0.833. The van der Waals surface area contributed by atoms with Gasteiger partial charge in [0.15, 0.2) is 0 Å². The topological polar surface area (TPSA) is 49.8 Å². The fourth-order valence-electron chi connectivity index (χ4n) is 1.56. The van der Waals surface area contributed by atoms with E-state index in [2.05, 4.69) is 0 Å². The normalized spacial score (nSPS) is 12.0. The third kappa shape index (κ3) is 4.75. The van der Waals surface area contributed by atoms with Crippen molar-refractivity contribution in [2.24, 2.45) is 0 Å². The predicted molar refractivity (Wildman–Crippen MR) is 70.6 cm³/mol. The standard InChI is InChI=1S/C14H21NO3/c1-11(16)8-9-15(2)14(17)10-12-4-6-13(18-3)7-5-12/h4-7,11,16H,8-10H2,1-3H3. The van der Waals surface area contributed by atoms with Gasteiger partial charge in [0.25, 0.3) is 0 Å². The second-order valence-corrected chi connectivity index (χ2v) is 4.48. The number of aliphatic hydroxyl groups is 1. The Kier molecular flexibility index (Phi) is 5.65. The Morgan fingerprint density at radius 2 is 2.00 bits per heavy atom. The lowest BCUT2D eigenvalue weighted by Gasteiger charge is -2.18. The summed E-state index contributed by atoms with van der Waals surface area (Å²) in [7, 11) is 3.37. The summed E-state index contributed by atoms with van der Waals surface area (Å²) in [5.74, 6) is 0.842. The van der Waals surface area contributed by atoms with Crippen LogP contribution in [0, 0.1) is 0 Å². The van der Waals surface area contributed by atoms with E-state index in [0.29, 0.717) is 19.4 Å². The molecule has 0 aliphatic rings. The Morgan fingerprint density at radius 1 is 1.39 bits per heavy atom. The van der Waals surface area contributed by atoms with Crippen molar-refractivity contribution in [1.29, 1.82) is 0 Å². The SMILES string of the molecule is COc1ccc(CC(=O)N(C)CCC(C)O)cc1. The van der Waals surface area contributed by atoms with Crippen LogP contribution < -0.4 is 4.74 Å². The van der Waals surface area contributed by atoms with Crippen LogP contribution in [-0.4, -0.2) is 42.7 Å². The summed E-state index contributed by atoms with van der Waals surface area (Å²) in [6.45, 7) is 2.30. The van der Waals surface area contributed by atoms with E-state index in [4.69, 9.17) is 4.74 Å². The van der Waals surface area contributed by atoms with Gasteiger partial charge < -0.3 is 14.7 Å². The number of nitrogens with zero attached hydrogens (tertiary/aromatic N) is 1. The fourth-order valence-corrected chi connectivity index (χ4v) is 1.56. The maximum absolute atomic E-state index is 11.9. The number of benzene rings is 1. The summed E-state index contributed by atoms with van der Waals surface area (Å²) in [4.78, 5) is 13.5. The highest BCUT2D eigenvalue weighted by atomic mass is 16.5. The number of rotatable bonds is 6. The largest absolute Gasteiger partial charge is 0.497 e. The van der Waals surface area contributed by atoms with Gasteiger partial charge in [0, 0.05) is 13.6 Å². The maximum atomic E-state index is 11.9. The first-order chi connectivity index (χ1) is 8.52. The molecule has 0 spiro atoms. The zero-order valence-electron chi connectivity index (χ0n) is 11.2. The van der Waals surface area contributed by atoms with Gasteiger partial charge >= 0.3 is 0 Å². The molecule has 4 nitrogen and oxygen atoms in total. The number of amides is 1. The summed E-state index contributed by atoms with van der Waals surface area (Å²) >= 11 is 0. The molecule has 1 aromatic rings. The number of ether oxygens (including phenoxy) is 1. The second-order valence-electron chi connectivity index (χ2n) is 4.48. The molecule has 1 amide bonds. The number of carbonyl (C=O) groups excluding carboxylic acids is 1. The molecule has 1 unspecified atom stereocenters. The highest BCUT2D eigenvalue weighted by Crippen LogP contribution is 2.12. The molecule has 4 heteroatoms. The molecule has 100 valence electrons. The van der Waals surface area contributed by atoms with Gasteiger partial charge in [-0.2, -0.15) is 0 Å². The molecule has 0 saturated heterocycles. The Labute approximate surface area is 108 Å². The first kappa shape index (κ1) is 14.5. The van der Waals surface area contributed by atoms with Gasteiger partial charge in [0.2, 0.25) is 5.91 Å². The van der Waals surface area contributed by atoms with Crippen LogP contribution in [0.3, 0.4) is 0 Å². The molecular weight excluding hydrogens is 230 g/mol. The summed E-state index contributed by atoms with van der Waals surface area (Å²) in [5, 5.41) is 9.18. The van der Waals surface area contributed by atoms with Gasteiger partial charge in [-0.25, -0.2) is 0 Å². The Balaban J connectivity index is 2.47. The predicted octanol–water partition coefficient (Wildman–Crippen LogP) is 1.47. The summed E-state index contributed by atoms with van der Waals surface area (Å²) in [5.41, 5.74) is 0.963. The highest BCUT2D eigenvalue weighted by Gasteiger charge is 2.10. The zero-order chi connectivity index (χ0) is 13.5. The van der Waals surface area contributed by atoms with Gasteiger partial charge in [-0.1, -0.05) is 12.1 Å². The van der Waals surface area contributed by atoms with E-state index in [9.17, 15) is 9.90 Å². The molecule has 0 saturated carbocycles. The van der Waals surface area contributed by atoms with Crippen LogP contribution >= 0.6 is 0 Å². The molecule has 18 heavy (non-hydrogen) atoms. The summed E-state index contributed by atoms with van der Waals surface area (Å²) in [6.07, 6.45) is 0.603. The van der Waals surface area contributed by atoms with E-state index in [1.165, 1.54) is 0 Å². The first-order valence-corrected chi connectivity index (χ1v) is 6.08. The average Bonchev–Trinajstić information content (AvgIpc) is 2.36. The molecular formula is C14H21NO3. The molecule has 0 aliphatic carbocycles. The van der Waals surface area contributed by atoms with Gasteiger partial charge in [0.05, 0.1) is 19.6 Å². The number of likely N-dealkylation sites (N-methyl/N-ethyl adjacent to an activating group) is 1. The maximum Gasteiger partial charge on any atom is 0.226 e. The van der Waals surface area contributed by atoms with E-state index in [1.54, 1.807) is 26.0 Å². The molecule has 0 heterocycles. The van der Waals surface area contributed by atoms with Crippen molar-refractivity contribution < 1.29 is 14.6 Å². The number of hydrogen-bond donors (Lipinski definition) is 1. The smallest absolute Gasteiger partial charge is 0.226 e. The molecule has 0 fully saturated rings. The Hall–Kier alpha value is -1.55. The monoisotopic (exact) mass is 251 g/mol. The van der Waals surface area contributed by atoms with Gasteiger partial charge in [-0.15, -0.1) is 0 Å². The van der Waals surface area contributed by atoms with Crippen LogP contribution in [0.5, 0.6) is 5.75 Å². The Morgan fingerprint density at radius 3 is 2.50 bits per heavy atom. The summed E-state index contributed by atoms with van der Waals surface area (Å²) in [6, 6.07) is 7.47. The number of methoxy groups -OCH3 is 1. The lowest BCUT2D eigenvalue weighted by atomic mass is 10.1. The molecule has 1 aromatic carbocycles. The molecule has 1 N–H and O–H groups in total. The molecule has 1 rings (SSSR count). The fraction of sp³-hybridized carbons (Fsp3) is 0.500. The van der Waals surface area contributed by atoms with Crippen molar-refractivity contribution in [3.05, 3.63) is 29.8 Å². The first-order valence-electron chi connectivity index (χ1n) is 6.08. The van der Waals surface area contributed by atoms with E-state index in [-0.39, 0.29) is 12.0 Å². The molecule has 0 aromatic heterocycles. The highest BCUT2D eigenvalue weighted by molar-refractivity contribution is 5.78. The van der Waals surface area contributed by atoms with Crippen LogP contribution in [0.2, 0.25) is 0 Å². The molecule has 1 atom stereocenters. The second kappa shape index (κ2) is 7.01. The Bertz CT molecular complexity index is 373. The lowest BCUT2D eigenvalue weighted by Crippen LogP contribution is -2.30. The van der Waals surface area contributed by atoms with Crippen molar-refractivity contribution >= 4 is 5.91 Å². The van der Waals surface area contributed by atoms with Crippen molar-refractivity contribution in [3.8, 4) is 5.75 Å². The van der Waals surface area contributed by atoms with Gasteiger partial charge in [-0.3, -0.25) is 4.79 Å². The van der Waals surface area contributed by atoms with E-state index < -0.39 is 0 Å². The van der Waals surface area contributed by atoms with Crippen LogP contribution in [-0.2, 0) is 11.2 Å². The minimum Gasteiger partial charge on any atom is -0.497 e. The van der Waals surface area contributed by atoms with Crippen LogP contribution in [0.4, 0.5) is 0 Å². The third-order valence-electron chi connectivity index (χ3n) is 2.82. The van der Waals surface area contributed by atoms with Crippen LogP contribution in [0.1, 0.15) is 18.9 Å². The van der Waals surface area contributed by atoms with Crippen LogP contribution in [0.15, 0.2) is 24.3 Å². The number of aliphatic hydroxyl groups excluding tert-OH is 1. The van der Waals surface area contributed by atoms with E-state index >= 15 is 0 Å². The average molecular weight is 251 g/mol. The minimum absolute atomic E-state index is 0.0563. The van der Waals surface area contributed by atoms with Gasteiger partial charge in [0.1, 0.15) is 5.75 Å². The van der Waals surface area contributed by atoms with Crippen molar-refractivity contribution in [2.45, 2.75) is 25.9 Å². The van der Waals surface area contributed by atoms with Gasteiger partial charge in [-0.05, 0) is 31.0 Å². The van der Waals surface area contributed by atoms with Crippen molar-refractivity contribution in [3.63, 3.8) is 0 Å². The minimum atomic E-state index is -0.374. The summed E-state index contributed by atoms with van der Waals surface area (Å²) < 4.78 is 5.06. The molecule has 0 radical (unpaired) electrons. The van der Waals surface area contributed by atoms with Crippen LogP contribution in [0.25, 0.3) is 0 Å². The lowest BCUT2D eigenvalue weighted by molar-refractivity contribution is -0.129. The number of carbonyl (C=O) groups is 1. The van der Waals surface area contributed by atoms with E-state index in [0.717, 1.165) is 11.3 Å². The van der Waals surface area contributed by atoms with Crippen molar-refractivity contribution in [2.75, 3.05) is 20.7 Å². The number of hydrogen-bond acceptors (Lipinski definition) is 3. The molecule has 0 aliphatic heterocycles. The van der Waals surface area contributed by atoms with Crippen molar-refractivity contribution in [1.82, 2.24) is 4.90 Å².